The summed E-state index contributed by atoms with van der Waals surface area (Å²) in [5.74, 6) is -1.50. The fourth-order valence-electron chi connectivity index (χ4n) is 2.13. The molecule has 16 heavy (non-hydrogen) atoms. The van der Waals surface area contributed by atoms with Crippen LogP contribution in [0.15, 0.2) is 0 Å². The second-order valence-electron chi connectivity index (χ2n) is 4.64. The zero-order valence-electron chi connectivity index (χ0n) is 10.7. The molecule has 1 N–H and O–H groups in total. The van der Waals surface area contributed by atoms with Crippen molar-refractivity contribution in [3.05, 3.63) is 0 Å². The van der Waals surface area contributed by atoms with E-state index in [9.17, 15) is 9.59 Å². The highest BCUT2D eigenvalue weighted by Gasteiger charge is 2.47. The van der Waals surface area contributed by atoms with Crippen molar-refractivity contribution in [3.63, 3.8) is 0 Å². The Bertz CT molecular complexity index is 248. The van der Waals surface area contributed by atoms with Gasteiger partial charge in [0.15, 0.2) is 0 Å². The summed E-state index contributed by atoms with van der Waals surface area (Å²) >= 11 is 0. The third-order valence-corrected chi connectivity index (χ3v) is 3.16. The van der Waals surface area contributed by atoms with Gasteiger partial charge in [0.2, 0.25) is 0 Å². The van der Waals surface area contributed by atoms with Gasteiger partial charge in [0, 0.05) is 0 Å². The van der Waals surface area contributed by atoms with Crippen LogP contribution in [-0.4, -0.2) is 23.7 Å². The molecule has 4 nitrogen and oxygen atoms in total. The molecular formula is C12H22O4. The number of carboxylic acid groups (broad SMARTS) is 1. The molecule has 94 valence electrons. The van der Waals surface area contributed by atoms with Gasteiger partial charge in [-0.2, -0.15) is 0 Å². The van der Waals surface area contributed by atoms with Gasteiger partial charge in [0.1, 0.15) is 0 Å². The lowest BCUT2D eigenvalue weighted by Gasteiger charge is -2.37. The molecule has 0 aliphatic carbocycles. The molecule has 0 aromatic heterocycles. The Hall–Kier alpha value is -1.06. The van der Waals surface area contributed by atoms with E-state index in [1.54, 1.807) is 6.92 Å². The summed E-state index contributed by atoms with van der Waals surface area (Å²) in [5, 5.41) is 8.96. The van der Waals surface area contributed by atoms with Crippen LogP contribution in [0.2, 0.25) is 0 Å². The minimum Gasteiger partial charge on any atom is -0.481 e. The molecule has 4 heteroatoms. The van der Waals surface area contributed by atoms with Gasteiger partial charge < -0.3 is 9.84 Å². The summed E-state index contributed by atoms with van der Waals surface area (Å²) in [7, 11) is 0. The Morgan fingerprint density at radius 2 is 1.62 bits per heavy atom. The number of ether oxygens (including phenoxy) is 1. The first kappa shape index (κ1) is 14.9. The van der Waals surface area contributed by atoms with Crippen molar-refractivity contribution in [3.8, 4) is 0 Å². The third-order valence-electron chi connectivity index (χ3n) is 3.16. The van der Waals surface area contributed by atoms with Crippen molar-refractivity contribution < 1.29 is 19.4 Å². The first-order valence-electron chi connectivity index (χ1n) is 5.68. The lowest BCUT2D eigenvalue weighted by Crippen LogP contribution is -2.44. The van der Waals surface area contributed by atoms with E-state index in [4.69, 9.17) is 9.84 Å². The van der Waals surface area contributed by atoms with E-state index in [2.05, 4.69) is 0 Å². The average Bonchev–Trinajstić information content (AvgIpc) is 2.12. The number of esters is 1. The van der Waals surface area contributed by atoms with E-state index in [0.29, 0.717) is 0 Å². The summed E-state index contributed by atoms with van der Waals surface area (Å²) < 4.78 is 5.03. The Morgan fingerprint density at radius 3 is 1.88 bits per heavy atom. The lowest BCUT2D eigenvalue weighted by molar-refractivity contribution is -0.168. The van der Waals surface area contributed by atoms with E-state index in [0.717, 1.165) is 0 Å². The molecule has 0 spiro atoms. The van der Waals surface area contributed by atoms with Gasteiger partial charge in [0.05, 0.1) is 18.4 Å². The molecule has 0 aliphatic rings. The Morgan fingerprint density at radius 1 is 1.19 bits per heavy atom. The van der Waals surface area contributed by atoms with Crippen LogP contribution in [0.1, 0.15) is 41.0 Å². The first-order valence-corrected chi connectivity index (χ1v) is 5.68. The molecule has 0 bridgehead atoms. The average molecular weight is 230 g/mol. The molecule has 0 atom stereocenters. The van der Waals surface area contributed by atoms with Gasteiger partial charge in [-0.1, -0.05) is 27.7 Å². The second-order valence-corrected chi connectivity index (χ2v) is 4.64. The maximum atomic E-state index is 12.0. The van der Waals surface area contributed by atoms with E-state index in [1.165, 1.54) is 0 Å². The summed E-state index contributed by atoms with van der Waals surface area (Å²) in [6, 6.07) is 0. The molecule has 0 aromatic carbocycles. The maximum absolute atomic E-state index is 12.0. The maximum Gasteiger partial charge on any atom is 0.313 e. The van der Waals surface area contributed by atoms with E-state index >= 15 is 0 Å². The predicted octanol–water partition coefficient (Wildman–Crippen LogP) is 2.32. The van der Waals surface area contributed by atoms with Gasteiger partial charge in [-0.05, 0) is 18.8 Å². The zero-order valence-corrected chi connectivity index (χ0v) is 10.7. The Kier molecular flexibility index (Phi) is 5.48. The fraction of sp³-hybridized carbons (Fsp3) is 0.833. The summed E-state index contributed by atoms with van der Waals surface area (Å²) in [5.41, 5.74) is -0.929. The number of aliphatic carboxylic acids is 1. The van der Waals surface area contributed by atoms with E-state index in [-0.39, 0.29) is 24.9 Å². The van der Waals surface area contributed by atoms with Gasteiger partial charge in [0.25, 0.3) is 0 Å². The number of carboxylic acids is 1. The molecule has 0 radical (unpaired) electrons. The molecule has 0 heterocycles. The molecule has 0 fully saturated rings. The number of carbonyl (C=O) groups excluding carboxylic acids is 1. The summed E-state index contributed by atoms with van der Waals surface area (Å²) in [6.45, 7) is 9.45. The van der Waals surface area contributed by atoms with Crippen molar-refractivity contribution >= 4 is 11.9 Å². The molecule has 0 aliphatic heterocycles. The molecule has 0 rings (SSSR count). The van der Waals surface area contributed by atoms with Crippen molar-refractivity contribution in [1.29, 1.82) is 0 Å². The molecule has 0 unspecified atom stereocenters. The van der Waals surface area contributed by atoms with E-state index < -0.39 is 17.4 Å². The number of carbonyl (C=O) groups is 2. The third kappa shape index (κ3) is 2.97. The van der Waals surface area contributed by atoms with Crippen molar-refractivity contribution in [1.82, 2.24) is 0 Å². The second kappa shape index (κ2) is 5.87. The SMILES string of the molecule is CCOC(=O)C(CC(=O)O)(C(C)C)C(C)C. The quantitative estimate of drug-likeness (QED) is 0.711. The molecule has 0 aromatic rings. The molecule has 0 amide bonds. The standard InChI is InChI=1S/C12H22O4/c1-6-16-11(15)12(8(2)3,9(4)5)7-10(13)14/h8-9H,6-7H2,1-5H3,(H,13,14). The van der Waals surface area contributed by atoms with Crippen LogP contribution in [0.5, 0.6) is 0 Å². The highest BCUT2D eigenvalue weighted by atomic mass is 16.5. The van der Waals surface area contributed by atoms with Crippen LogP contribution in [0, 0.1) is 17.3 Å². The molecule has 0 saturated carbocycles. The van der Waals surface area contributed by atoms with Crippen LogP contribution >= 0.6 is 0 Å². The normalized spacial score (nSPS) is 11.9. The van der Waals surface area contributed by atoms with Gasteiger partial charge in [-0.25, -0.2) is 0 Å². The van der Waals surface area contributed by atoms with Gasteiger partial charge in [-0.15, -0.1) is 0 Å². The minimum atomic E-state index is -0.963. The van der Waals surface area contributed by atoms with Crippen LogP contribution in [0.25, 0.3) is 0 Å². The van der Waals surface area contributed by atoms with Gasteiger partial charge in [-0.3, -0.25) is 9.59 Å². The number of rotatable bonds is 6. The smallest absolute Gasteiger partial charge is 0.313 e. The van der Waals surface area contributed by atoms with Crippen LogP contribution < -0.4 is 0 Å². The van der Waals surface area contributed by atoms with Crippen molar-refractivity contribution in [2.45, 2.75) is 41.0 Å². The number of hydrogen-bond donors (Lipinski definition) is 1. The van der Waals surface area contributed by atoms with Crippen LogP contribution in [-0.2, 0) is 14.3 Å². The molecular weight excluding hydrogens is 208 g/mol. The highest BCUT2D eigenvalue weighted by molar-refractivity contribution is 5.83. The molecule has 0 saturated heterocycles. The summed E-state index contributed by atoms with van der Waals surface area (Å²) in [4.78, 5) is 22.9. The Labute approximate surface area is 97.0 Å². The minimum absolute atomic E-state index is 0.0670. The fourth-order valence-corrected chi connectivity index (χ4v) is 2.13. The lowest BCUT2D eigenvalue weighted by atomic mass is 9.66. The van der Waals surface area contributed by atoms with Gasteiger partial charge >= 0.3 is 11.9 Å². The van der Waals surface area contributed by atoms with E-state index in [1.807, 2.05) is 27.7 Å². The highest BCUT2D eigenvalue weighted by Crippen LogP contribution is 2.40. The first-order chi connectivity index (χ1) is 7.28. The van der Waals surface area contributed by atoms with Crippen LogP contribution in [0.4, 0.5) is 0 Å². The number of hydrogen-bond acceptors (Lipinski definition) is 3. The largest absolute Gasteiger partial charge is 0.481 e. The topological polar surface area (TPSA) is 63.6 Å². The monoisotopic (exact) mass is 230 g/mol. The zero-order chi connectivity index (χ0) is 12.9. The van der Waals surface area contributed by atoms with Crippen LogP contribution in [0.3, 0.4) is 0 Å². The van der Waals surface area contributed by atoms with Crippen molar-refractivity contribution in [2.24, 2.45) is 17.3 Å². The van der Waals surface area contributed by atoms with Crippen molar-refractivity contribution in [2.75, 3.05) is 6.61 Å². The Balaban J connectivity index is 5.25. The predicted molar refractivity (Wildman–Crippen MR) is 61.0 cm³/mol. The summed E-state index contributed by atoms with van der Waals surface area (Å²) in [6.07, 6.45) is -0.179.